The summed E-state index contributed by atoms with van der Waals surface area (Å²) in [6.45, 7) is 0.156. The van der Waals surface area contributed by atoms with Gasteiger partial charge in [0.25, 0.3) is 5.69 Å². The second kappa shape index (κ2) is 10.3. The SMILES string of the molecule is COCC1=C2B(O)O[C@H](c3cc(I)c(O)c(OC)c3)C[C@H]2[C@H]2C(=O)N(c3cccc([N+](=O)[O-])c3)C(=O)[C@H]2C1. The number of aromatic hydroxyl groups is 1. The van der Waals surface area contributed by atoms with Crippen LogP contribution in [0, 0.1) is 31.4 Å². The van der Waals surface area contributed by atoms with Crippen LogP contribution in [0.25, 0.3) is 0 Å². The normalized spacial score (nSPS) is 24.9. The highest BCUT2D eigenvalue weighted by Crippen LogP contribution is 2.52. The lowest BCUT2D eigenvalue weighted by Gasteiger charge is -2.42. The fourth-order valence-electron chi connectivity index (χ4n) is 5.87. The summed E-state index contributed by atoms with van der Waals surface area (Å²) >= 11 is 1.97. The molecular formula is C25H24BIN2O9. The number of anilines is 1. The van der Waals surface area contributed by atoms with Crippen LogP contribution in [-0.4, -0.2) is 54.8 Å². The number of carbonyl (C=O) groups excluding carboxylic acids is 2. The lowest BCUT2D eigenvalue weighted by atomic mass is 9.55. The Morgan fingerprint density at radius 3 is 2.66 bits per heavy atom. The fraction of sp³-hybridized carbons (Fsp3) is 0.360. The number of ether oxygens (including phenoxy) is 2. The molecule has 0 aromatic heterocycles. The van der Waals surface area contributed by atoms with Crippen molar-refractivity contribution in [3.8, 4) is 11.5 Å². The minimum absolute atomic E-state index is 0.0157. The maximum atomic E-state index is 13.8. The van der Waals surface area contributed by atoms with Crippen molar-refractivity contribution >= 4 is 52.9 Å². The molecule has 0 spiro atoms. The summed E-state index contributed by atoms with van der Waals surface area (Å²) in [4.78, 5) is 39.2. The van der Waals surface area contributed by atoms with Gasteiger partial charge >= 0.3 is 7.12 Å². The van der Waals surface area contributed by atoms with Gasteiger partial charge in [-0.2, -0.15) is 0 Å². The van der Waals surface area contributed by atoms with Crippen molar-refractivity contribution < 1.29 is 38.8 Å². The second-order valence-corrected chi connectivity index (χ2v) is 10.7. The molecule has 2 N–H and O–H groups in total. The third-order valence-corrected chi connectivity index (χ3v) is 8.29. The number of carbonyl (C=O) groups is 2. The number of halogens is 1. The van der Waals surface area contributed by atoms with Crippen LogP contribution in [0.5, 0.6) is 11.5 Å². The number of allylic oxidation sites excluding steroid dienone is 1. The summed E-state index contributed by atoms with van der Waals surface area (Å²) in [6.07, 6.45) is -0.165. The second-order valence-electron chi connectivity index (χ2n) is 9.49. The number of nitro groups is 1. The number of non-ortho nitro benzene ring substituents is 1. The first kappa shape index (κ1) is 26.6. The number of amides is 2. The monoisotopic (exact) mass is 634 g/mol. The van der Waals surface area contributed by atoms with Gasteiger partial charge in [0.1, 0.15) is 0 Å². The number of hydrogen-bond donors (Lipinski definition) is 2. The topological polar surface area (TPSA) is 149 Å². The van der Waals surface area contributed by atoms with Gasteiger partial charge in [0.15, 0.2) is 11.5 Å². The van der Waals surface area contributed by atoms with E-state index in [-0.39, 0.29) is 42.3 Å². The standard InChI is InChI=1S/C25H24BIN2O9/c1-36-11-13-6-17-21(25(32)28(24(17)31)14-4-3-5-15(9-14)29(34)35)16-10-19(38-26(33)22(13)16)12-7-18(27)23(30)20(8-12)37-2/h3-5,7-9,16-17,19,21,30,33H,6,10-11H2,1-2H3/t16-,17-,19-,21+/m0/s1. The summed E-state index contributed by atoms with van der Waals surface area (Å²) in [6, 6.07) is 8.78. The fourth-order valence-corrected chi connectivity index (χ4v) is 6.49. The van der Waals surface area contributed by atoms with Crippen molar-refractivity contribution in [2.45, 2.75) is 18.9 Å². The van der Waals surface area contributed by atoms with Gasteiger partial charge in [-0.15, -0.1) is 0 Å². The van der Waals surface area contributed by atoms with Crippen LogP contribution in [0.2, 0.25) is 0 Å². The van der Waals surface area contributed by atoms with Gasteiger partial charge in [0, 0.05) is 19.2 Å². The summed E-state index contributed by atoms with van der Waals surface area (Å²) < 4.78 is 17.2. The number of methoxy groups -OCH3 is 2. The van der Waals surface area contributed by atoms with E-state index in [0.29, 0.717) is 20.2 Å². The van der Waals surface area contributed by atoms with Crippen LogP contribution in [-0.2, 0) is 19.0 Å². The van der Waals surface area contributed by atoms with Crippen LogP contribution < -0.4 is 9.64 Å². The number of imide groups is 1. The van der Waals surface area contributed by atoms with Gasteiger partial charge in [-0.1, -0.05) is 6.07 Å². The third kappa shape index (κ3) is 4.36. The van der Waals surface area contributed by atoms with Crippen LogP contribution in [0.1, 0.15) is 24.5 Å². The summed E-state index contributed by atoms with van der Waals surface area (Å²) in [5.41, 5.74) is 1.79. The van der Waals surface area contributed by atoms with Crippen molar-refractivity contribution in [3.63, 3.8) is 0 Å². The Labute approximate surface area is 231 Å². The summed E-state index contributed by atoms with van der Waals surface area (Å²) in [5, 5.41) is 32.7. The molecule has 0 saturated carbocycles. The van der Waals surface area contributed by atoms with E-state index >= 15 is 0 Å². The Hall–Kier alpha value is -3.01. The Morgan fingerprint density at radius 1 is 1.21 bits per heavy atom. The summed E-state index contributed by atoms with van der Waals surface area (Å²) in [5.74, 6) is -2.70. The van der Waals surface area contributed by atoms with Gasteiger partial charge in [-0.25, -0.2) is 4.90 Å². The average Bonchev–Trinajstić information content (AvgIpc) is 3.14. The van der Waals surface area contributed by atoms with Gasteiger partial charge < -0.3 is 24.3 Å². The highest BCUT2D eigenvalue weighted by molar-refractivity contribution is 14.1. The molecule has 2 aromatic carbocycles. The van der Waals surface area contributed by atoms with E-state index in [1.165, 1.54) is 38.5 Å². The van der Waals surface area contributed by atoms with E-state index in [1.54, 1.807) is 12.1 Å². The molecule has 1 aliphatic carbocycles. The van der Waals surface area contributed by atoms with Crippen molar-refractivity contribution in [2.24, 2.45) is 17.8 Å². The van der Waals surface area contributed by atoms with Crippen molar-refractivity contribution in [2.75, 3.05) is 25.7 Å². The zero-order valence-corrected chi connectivity index (χ0v) is 22.7. The highest BCUT2D eigenvalue weighted by Gasteiger charge is 2.58. The van der Waals surface area contributed by atoms with Crippen LogP contribution in [0.15, 0.2) is 47.4 Å². The molecular weight excluding hydrogens is 610 g/mol. The minimum atomic E-state index is -1.34. The quantitative estimate of drug-likeness (QED) is 0.161. The average molecular weight is 634 g/mol. The maximum Gasteiger partial charge on any atom is 0.487 e. The van der Waals surface area contributed by atoms with Crippen LogP contribution in [0.4, 0.5) is 11.4 Å². The number of phenolic OH excluding ortho intramolecular Hbond substituents is 1. The molecule has 0 unspecified atom stereocenters. The molecule has 0 bridgehead atoms. The van der Waals surface area contributed by atoms with E-state index < -0.39 is 47.7 Å². The predicted octanol–water partition coefficient (Wildman–Crippen LogP) is 3.16. The number of nitrogens with zero attached hydrogens (tertiary/aromatic N) is 2. The molecule has 2 fully saturated rings. The van der Waals surface area contributed by atoms with Gasteiger partial charge in [-0.3, -0.25) is 19.7 Å². The van der Waals surface area contributed by atoms with E-state index in [0.717, 1.165) is 4.90 Å². The molecule has 13 heteroatoms. The molecule has 2 aromatic rings. The van der Waals surface area contributed by atoms with Gasteiger partial charge in [0.2, 0.25) is 11.8 Å². The lowest BCUT2D eigenvalue weighted by molar-refractivity contribution is -0.384. The van der Waals surface area contributed by atoms with Crippen LogP contribution in [0.3, 0.4) is 0 Å². The van der Waals surface area contributed by atoms with Gasteiger partial charge in [-0.05, 0) is 76.2 Å². The first-order valence-electron chi connectivity index (χ1n) is 11.9. The number of rotatable bonds is 6. The predicted molar refractivity (Wildman–Crippen MR) is 143 cm³/mol. The zero-order valence-electron chi connectivity index (χ0n) is 20.5. The van der Waals surface area contributed by atoms with E-state index in [1.807, 2.05) is 22.6 Å². The molecule has 0 radical (unpaired) electrons. The van der Waals surface area contributed by atoms with Crippen molar-refractivity contribution in [1.29, 1.82) is 0 Å². The molecule has 4 atom stereocenters. The largest absolute Gasteiger partial charge is 0.504 e. The first-order valence-corrected chi connectivity index (χ1v) is 13.0. The molecule has 2 saturated heterocycles. The summed E-state index contributed by atoms with van der Waals surface area (Å²) in [7, 11) is 1.60. The zero-order chi connectivity index (χ0) is 27.3. The molecule has 5 rings (SSSR count). The molecule has 38 heavy (non-hydrogen) atoms. The van der Waals surface area contributed by atoms with E-state index in [9.17, 15) is 29.8 Å². The van der Waals surface area contributed by atoms with E-state index in [4.69, 9.17) is 14.1 Å². The highest BCUT2D eigenvalue weighted by atomic mass is 127. The molecule has 2 amide bonds. The van der Waals surface area contributed by atoms with Gasteiger partial charge in [0.05, 0.1) is 45.8 Å². The number of hydrogen-bond acceptors (Lipinski definition) is 9. The molecule has 3 aliphatic rings. The molecule has 11 nitrogen and oxygen atoms in total. The number of benzene rings is 2. The van der Waals surface area contributed by atoms with Crippen LogP contribution >= 0.6 is 22.6 Å². The number of fused-ring (bicyclic) bond motifs is 3. The Bertz CT molecular complexity index is 1370. The number of nitro benzene ring substituents is 1. The molecule has 198 valence electrons. The Kier molecular flexibility index (Phi) is 7.20. The Balaban J connectivity index is 1.55. The minimum Gasteiger partial charge on any atom is -0.504 e. The lowest BCUT2D eigenvalue weighted by Crippen LogP contribution is -2.45. The third-order valence-electron chi connectivity index (χ3n) is 7.47. The Morgan fingerprint density at radius 2 is 1.97 bits per heavy atom. The van der Waals surface area contributed by atoms with E-state index in [2.05, 4.69) is 0 Å². The molecule has 2 aliphatic heterocycles. The number of phenols is 1. The van der Waals surface area contributed by atoms with Crippen molar-refractivity contribution in [1.82, 2.24) is 0 Å². The first-order chi connectivity index (χ1) is 18.2. The van der Waals surface area contributed by atoms with Crippen molar-refractivity contribution in [3.05, 3.63) is 66.7 Å². The smallest absolute Gasteiger partial charge is 0.487 e. The maximum absolute atomic E-state index is 13.8. The molecule has 2 heterocycles.